The lowest BCUT2D eigenvalue weighted by molar-refractivity contribution is 0.112. The molecule has 0 saturated carbocycles. The molecule has 19 heavy (non-hydrogen) atoms. The molecule has 2 aromatic rings. The lowest BCUT2D eigenvalue weighted by atomic mass is 10.1. The third-order valence-corrected chi connectivity index (χ3v) is 3.24. The molecule has 0 aliphatic heterocycles. The lowest BCUT2D eigenvalue weighted by Gasteiger charge is -2.22. The Kier molecular flexibility index (Phi) is 3.65. The molecule has 0 radical (unpaired) electrons. The number of anilines is 2. The minimum Gasteiger partial charge on any atom is -0.329 e. The summed E-state index contributed by atoms with van der Waals surface area (Å²) in [6.07, 6.45) is 2.43. The lowest BCUT2D eigenvalue weighted by Crippen LogP contribution is -2.14. The van der Waals surface area contributed by atoms with Gasteiger partial charge in [0.15, 0.2) is 6.29 Å². The Balaban J connectivity index is 2.43. The van der Waals surface area contributed by atoms with Crippen LogP contribution < -0.4 is 4.90 Å². The van der Waals surface area contributed by atoms with Gasteiger partial charge in [0.1, 0.15) is 5.82 Å². The van der Waals surface area contributed by atoms with Gasteiger partial charge in [-0.2, -0.15) is 0 Å². The normalized spacial score (nSPS) is 10.3. The summed E-state index contributed by atoms with van der Waals surface area (Å²) in [5, 5.41) is 0. The first-order valence-electron chi connectivity index (χ1n) is 6.25. The fraction of sp³-hybridized carbons (Fsp3) is 0.250. The molecule has 0 atom stereocenters. The van der Waals surface area contributed by atoms with Gasteiger partial charge >= 0.3 is 0 Å². The molecule has 0 unspecified atom stereocenters. The van der Waals surface area contributed by atoms with Crippen LogP contribution >= 0.6 is 0 Å². The van der Waals surface area contributed by atoms with Crippen LogP contribution in [0.1, 0.15) is 27.0 Å². The zero-order valence-electron chi connectivity index (χ0n) is 11.8. The summed E-state index contributed by atoms with van der Waals surface area (Å²) in [5.41, 5.74) is 5.18. The number of hydrogen-bond acceptors (Lipinski definition) is 3. The largest absolute Gasteiger partial charge is 0.329 e. The second-order valence-corrected chi connectivity index (χ2v) is 4.88. The molecule has 1 aromatic heterocycles. The second-order valence-electron chi connectivity index (χ2n) is 4.88. The molecule has 1 heterocycles. The Morgan fingerprint density at radius 3 is 2.42 bits per heavy atom. The van der Waals surface area contributed by atoms with E-state index in [1.807, 2.05) is 20.0 Å². The number of benzene rings is 1. The number of hydrogen-bond donors (Lipinski definition) is 0. The van der Waals surface area contributed by atoms with Gasteiger partial charge in [0, 0.05) is 24.5 Å². The molecule has 98 valence electrons. The maximum atomic E-state index is 10.7. The van der Waals surface area contributed by atoms with Gasteiger partial charge in [-0.15, -0.1) is 0 Å². The number of carbonyl (C=O) groups excluding carboxylic acids is 1. The summed E-state index contributed by atoms with van der Waals surface area (Å²) in [7, 11) is 1.99. The first-order valence-corrected chi connectivity index (χ1v) is 6.25. The number of nitrogens with zero attached hydrogens (tertiary/aromatic N) is 2. The summed E-state index contributed by atoms with van der Waals surface area (Å²) < 4.78 is 0. The van der Waals surface area contributed by atoms with Crippen LogP contribution in [0.5, 0.6) is 0 Å². The Bertz CT molecular complexity index is 620. The molecule has 3 nitrogen and oxygen atoms in total. The van der Waals surface area contributed by atoms with Crippen LogP contribution in [0.2, 0.25) is 0 Å². The molecule has 0 spiro atoms. The Morgan fingerprint density at radius 1 is 1.11 bits per heavy atom. The average molecular weight is 254 g/mol. The topological polar surface area (TPSA) is 33.2 Å². The van der Waals surface area contributed by atoms with E-state index in [2.05, 4.69) is 41.9 Å². The third kappa shape index (κ3) is 2.65. The Hall–Kier alpha value is -2.16. The SMILES string of the molecule is Cc1ccc(N(C)c2ncc(C=O)cc2C)c(C)c1. The molecule has 1 aromatic carbocycles. The quantitative estimate of drug-likeness (QED) is 0.785. The van der Waals surface area contributed by atoms with Crippen molar-refractivity contribution in [1.82, 2.24) is 4.98 Å². The third-order valence-electron chi connectivity index (χ3n) is 3.24. The van der Waals surface area contributed by atoms with E-state index in [4.69, 9.17) is 0 Å². The van der Waals surface area contributed by atoms with Crippen molar-refractivity contribution in [3.05, 3.63) is 52.7 Å². The van der Waals surface area contributed by atoms with Crippen LogP contribution in [0.4, 0.5) is 11.5 Å². The fourth-order valence-corrected chi connectivity index (χ4v) is 2.30. The molecular formula is C16H18N2O. The van der Waals surface area contributed by atoms with Crippen LogP contribution in [0.15, 0.2) is 30.5 Å². The zero-order chi connectivity index (χ0) is 14.0. The van der Waals surface area contributed by atoms with E-state index < -0.39 is 0 Å². The van der Waals surface area contributed by atoms with Crippen molar-refractivity contribution in [3.8, 4) is 0 Å². The van der Waals surface area contributed by atoms with Gasteiger partial charge in [0.05, 0.1) is 0 Å². The van der Waals surface area contributed by atoms with Crippen molar-refractivity contribution in [2.45, 2.75) is 20.8 Å². The Labute approximate surface area is 113 Å². The van der Waals surface area contributed by atoms with E-state index in [9.17, 15) is 4.79 Å². The molecular weight excluding hydrogens is 236 g/mol. The first kappa shape index (κ1) is 13.3. The van der Waals surface area contributed by atoms with Crippen LogP contribution in [0.3, 0.4) is 0 Å². The highest BCUT2D eigenvalue weighted by atomic mass is 16.1. The number of rotatable bonds is 3. The van der Waals surface area contributed by atoms with Gasteiger partial charge in [-0.25, -0.2) is 4.98 Å². The molecule has 0 N–H and O–H groups in total. The van der Waals surface area contributed by atoms with Crippen LogP contribution in [0, 0.1) is 20.8 Å². The number of aromatic nitrogens is 1. The standard InChI is InChI=1S/C16H18N2O/c1-11-5-6-15(12(2)7-11)18(4)16-13(3)8-14(10-19)9-17-16/h5-10H,1-4H3. The van der Waals surface area contributed by atoms with E-state index in [0.717, 1.165) is 23.4 Å². The highest BCUT2D eigenvalue weighted by Gasteiger charge is 2.11. The molecule has 0 fully saturated rings. The van der Waals surface area contributed by atoms with E-state index >= 15 is 0 Å². The fourth-order valence-electron chi connectivity index (χ4n) is 2.30. The molecule has 2 rings (SSSR count). The molecule has 0 aliphatic rings. The maximum absolute atomic E-state index is 10.7. The highest BCUT2D eigenvalue weighted by Crippen LogP contribution is 2.28. The monoisotopic (exact) mass is 254 g/mol. The number of aldehydes is 1. The van der Waals surface area contributed by atoms with Gasteiger partial charge < -0.3 is 4.90 Å². The van der Waals surface area contributed by atoms with E-state index in [1.165, 1.54) is 11.1 Å². The van der Waals surface area contributed by atoms with E-state index in [1.54, 1.807) is 6.20 Å². The number of pyridine rings is 1. The summed E-state index contributed by atoms with van der Waals surface area (Å²) in [5.74, 6) is 0.873. The number of carbonyl (C=O) groups is 1. The maximum Gasteiger partial charge on any atom is 0.151 e. The molecule has 0 saturated heterocycles. The molecule has 3 heteroatoms. The van der Waals surface area contributed by atoms with Crippen LogP contribution in [-0.4, -0.2) is 18.3 Å². The second kappa shape index (κ2) is 5.22. The van der Waals surface area contributed by atoms with Gasteiger partial charge in [-0.05, 0) is 44.0 Å². The van der Waals surface area contributed by atoms with E-state index in [-0.39, 0.29) is 0 Å². The van der Waals surface area contributed by atoms with Crippen LogP contribution in [-0.2, 0) is 0 Å². The van der Waals surface area contributed by atoms with Gasteiger partial charge in [-0.1, -0.05) is 17.7 Å². The summed E-state index contributed by atoms with van der Waals surface area (Å²) >= 11 is 0. The van der Waals surface area contributed by atoms with Crippen molar-refractivity contribution in [2.75, 3.05) is 11.9 Å². The van der Waals surface area contributed by atoms with Crippen molar-refractivity contribution in [2.24, 2.45) is 0 Å². The average Bonchev–Trinajstić information content (AvgIpc) is 2.37. The molecule has 0 amide bonds. The molecule has 0 aliphatic carbocycles. The van der Waals surface area contributed by atoms with Gasteiger partial charge in [-0.3, -0.25) is 4.79 Å². The zero-order valence-corrected chi connectivity index (χ0v) is 11.8. The smallest absolute Gasteiger partial charge is 0.151 e. The molecule has 0 bridgehead atoms. The summed E-state index contributed by atoms with van der Waals surface area (Å²) in [4.78, 5) is 17.2. The predicted molar refractivity (Wildman–Crippen MR) is 78.3 cm³/mol. The first-order chi connectivity index (χ1) is 9.02. The number of aryl methyl sites for hydroxylation is 3. The summed E-state index contributed by atoms with van der Waals surface area (Å²) in [6.45, 7) is 6.14. The summed E-state index contributed by atoms with van der Waals surface area (Å²) in [6, 6.07) is 8.20. The van der Waals surface area contributed by atoms with Crippen molar-refractivity contribution >= 4 is 17.8 Å². The minimum atomic E-state index is 0.607. The van der Waals surface area contributed by atoms with Crippen molar-refractivity contribution in [1.29, 1.82) is 0 Å². The predicted octanol–water partition coefficient (Wildman–Crippen LogP) is 3.59. The van der Waals surface area contributed by atoms with Gasteiger partial charge in [0.25, 0.3) is 0 Å². The van der Waals surface area contributed by atoms with Crippen molar-refractivity contribution in [3.63, 3.8) is 0 Å². The highest BCUT2D eigenvalue weighted by molar-refractivity contribution is 5.76. The van der Waals surface area contributed by atoms with E-state index in [0.29, 0.717) is 5.56 Å². The van der Waals surface area contributed by atoms with Crippen LogP contribution in [0.25, 0.3) is 0 Å². The Morgan fingerprint density at radius 2 is 1.84 bits per heavy atom. The minimum absolute atomic E-state index is 0.607. The van der Waals surface area contributed by atoms with Gasteiger partial charge in [0.2, 0.25) is 0 Å². The van der Waals surface area contributed by atoms with Crippen molar-refractivity contribution < 1.29 is 4.79 Å².